The maximum atomic E-state index is 11.0. The summed E-state index contributed by atoms with van der Waals surface area (Å²) in [6, 6.07) is 0. The minimum absolute atomic E-state index is 0.806. The number of aromatic nitrogens is 1. The van der Waals surface area contributed by atoms with Gasteiger partial charge in [0.25, 0.3) is 0 Å². The molecule has 1 heterocycles. The molecule has 72 valence electrons. The van der Waals surface area contributed by atoms with Crippen LogP contribution in [-0.2, 0) is 10.2 Å². The van der Waals surface area contributed by atoms with Gasteiger partial charge in [-0.1, -0.05) is 0 Å². The Morgan fingerprint density at radius 1 is 1.46 bits per heavy atom. The number of carboxylic acid groups (broad SMARTS) is 1. The van der Waals surface area contributed by atoms with Gasteiger partial charge in [0.1, 0.15) is 0 Å². The molecule has 0 spiro atoms. The third kappa shape index (κ3) is 1.72. The zero-order valence-corrected chi connectivity index (χ0v) is 9.03. The topological polar surface area (TPSA) is 50.2 Å². The minimum atomic E-state index is -0.823. The predicted octanol–water partition coefficient (Wildman–Crippen LogP) is 2.12. The second-order valence-corrected chi connectivity index (χ2v) is 4.78. The molecule has 0 radical (unpaired) electrons. The Morgan fingerprint density at radius 2 is 2.00 bits per heavy atom. The number of aliphatic carboxylic acids is 1. The average molecular weight is 199 g/mol. The zero-order chi connectivity index (χ0) is 10.2. The van der Waals surface area contributed by atoms with Gasteiger partial charge < -0.3 is 5.11 Å². The van der Waals surface area contributed by atoms with Crippen LogP contribution in [0.3, 0.4) is 0 Å². The molecule has 3 nitrogen and oxygen atoms in total. The first kappa shape index (κ1) is 10.2. The van der Waals surface area contributed by atoms with Crippen LogP contribution in [0.2, 0.25) is 0 Å². The van der Waals surface area contributed by atoms with E-state index in [0.29, 0.717) is 0 Å². The van der Waals surface area contributed by atoms with Crippen molar-refractivity contribution in [2.45, 2.75) is 33.1 Å². The van der Waals surface area contributed by atoms with Crippen molar-refractivity contribution in [3.8, 4) is 0 Å². The Morgan fingerprint density at radius 3 is 2.31 bits per heavy atom. The molecule has 0 amide bonds. The smallest absolute Gasteiger partial charge is 0.314 e. The SMILES string of the molecule is Cc1nc(C)c(C(C)(C)C(=O)O)s1. The number of hydrogen-bond acceptors (Lipinski definition) is 3. The van der Waals surface area contributed by atoms with Gasteiger partial charge in [0.05, 0.1) is 16.1 Å². The number of rotatable bonds is 2. The summed E-state index contributed by atoms with van der Waals surface area (Å²) in [6.07, 6.45) is 0. The third-order valence-corrected chi connectivity index (χ3v) is 3.40. The van der Waals surface area contributed by atoms with E-state index < -0.39 is 11.4 Å². The number of thiazole rings is 1. The second kappa shape index (κ2) is 3.10. The van der Waals surface area contributed by atoms with E-state index in [9.17, 15) is 4.79 Å². The summed E-state index contributed by atoms with van der Waals surface area (Å²) in [6.45, 7) is 7.15. The zero-order valence-electron chi connectivity index (χ0n) is 8.21. The lowest BCUT2D eigenvalue weighted by atomic mass is 9.91. The molecule has 1 N–H and O–H groups in total. The van der Waals surface area contributed by atoms with Crippen LogP contribution >= 0.6 is 11.3 Å². The molecule has 13 heavy (non-hydrogen) atoms. The van der Waals surface area contributed by atoms with Gasteiger partial charge in [-0.2, -0.15) is 0 Å². The van der Waals surface area contributed by atoms with E-state index in [1.54, 1.807) is 13.8 Å². The van der Waals surface area contributed by atoms with Crippen LogP contribution < -0.4 is 0 Å². The Balaban J connectivity index is 3.21. The van der Waals surface area contributed by atoms with E-state index in [1.807, 2.05) is 13.8 Å². The predicted molar refractivity (Wildman–Crippen MR) is 52.2 cm³/mol. The maximum absolute atomic E-state index is 11.0. The summed E-state index contributed by atoms with van der Waals surface area (Å²) in [5, 5.41) is 9.93. The molecule has 0 aliphatic rings. The summed E-state index contributed by atoms with van der Waals surface area (Å²) >= 11 is 1.46. The Labute approximate surface area is 81.4 Å². The van der Waals surface area contributed by atoms with Gasteiger partial charge in [-0.05, 0) is 27.7 Å². The second-order valence-electron chi connectivity index (χ2n) is 3.58. The lowest BCUT2D eigenvalue weighted by Gasteiger charge is -2.17. The fraction of sp³-hybridized carbons (Fsp3) is 0.556. The van der Waals surface area contributed by atoms with Crippen molar-refractivity contribution in [3.63, 3.8) is 0 Å². The molecule has 0 aliphatic heterocycles. The van der Waals surface area contributed by atoms with Crippen LogP contribution in [0.5, 0.6) is 0 Å². The van der Waals surface area contributed by atoms with E-state index in [2.05, 4.69) is 4.98 Å². The van der Waals surface area contributed by atoms with Crippen LogP contribution in [0, 0.1) is 13.8 Å². The highest BCUT2D eigenvalue weighted by Crippen LogP contribution is 2.31. The number of carboxylic acids is 1. The Bertz CT molecular complexity index is 341. The van der Waals surface area contributed by atoms with Crippen LogP contribution in [0.15, 0.2) is 0 Å². The summed E-state index contributed by atoms with van der Waals surface area (Å²) in [5.41, 5.74) is 0.00521. The maximum Gasteiger partial charge on any atom is 0.314 e. The molecule has 0 saturated heterocycles. The van der Waals surface area contributed by atoms with E-state index in [4.69, 9.17) is 5.11 Å². The first-order valence-corrected chi connectivity index (χ1v) is 4.85. The fourth-order valence-electron chi connectivity index (χ4n) is 1.21. The number of aryl methyl sites for hydroxylation is 2. The van der Waals surface area contributed by atoms with Gasteiger partial charge in [-0.25, -0.2) is 4.98 Å². The molecule has 1 aromatic heterocycles. The molecule has 0 fully saturated rings. The van der Waals surface area contributed by atoms with Crippen molar-refractivity contribution < 1.29 is 9.90 Å². The summed E-state index contributed by atoms with van der Waals surface area (Å²) in [7, 11) is 0. The molecular formula is C9H13NO2S. The van der Waals surface area contributed by atoms with Crippen molar-refractivity contribution in [2.75, 3.05) is 0 Å². The highest BCUT2D eigenvalue weighted by molar-refractivity contribution is 7.12. The molecule has 1 aromatic rings. The molecular weight excluding hydrogens is 186 g/mol. The molecule has 0 aromatic carbocycles. The Hall–Kier alpha value is -0.900. The van der Waals surface area contributed by atoms with E-state index >= 15 is 0 Å². The first-order valence-electron chi connectivity index (χ1n) is 4.03. The summed E-state index contributed by atoms with van der Waals surface area (Å²) < 4.78 is 0. The molecule has 0 bridgehead atoms. The molecule has 4 heteroatoms. The molecule has 0 saturated carbocycles. The van der Waals surface area contributed by atoms with Crippen LogP contribution in [0.4, 0.5) is 0 Å². The van der Waals surface area contributed by atoms with Gasteiger partial charge in [0.2, 0.25) is 0 Å². The van der Waals surface area contributed by atoms with Crippen molar-refractivity contribution in [3.05, 3.63) is 15.6 Å². The van der Waals surface area contributed by atoms with Crippen LogP contribution in [0.1, 0.15) is 29.4 Å². The molecule has 0 aliphatic carbocycles. The van der Waals surface area contributed by atoms with Gasteiger partial charge in [0, 0.05) is 4.88 Å². The highest BCUT2D eigenvalue weighted by atomic mass is 32.1. The number of carbonyl (C=O) groups is 1. The van der Waals surface area contributed by atoms with Crippen molar-refractivity contribution in [1.29, 1.82) is 0 Å². The lowest BCUT2D eigenvalue weighted by Crippen LogP contribution is -2.28. The molecule has 1 rings (SSSR count). The molecule has 0 unspecified atom stereocenters. The third-order valence-electron chi connectivity index (χ3n) is 2.01. The molecule has 0 atom stereocenters. The monoisotopic (exact) mass is 199 g/mol. The van der Waals surface area contributed by atoms with Crippen molar-refractivity contribution >= 4 is 17.3 Å². The van der Waals surface area contributed by atoms with Gasteiger partial charge in [-0.3, -0.25) is 4.79 Å². The normalized spacial score (nSPS) is 11.7. The van der Waals surface area contributed by atoms with Crippen molar-refractivity contribution in [1.82, 2.24) is 4.98 Å². The van der Waals surface area contributed by atoms with E-state index in [0.717, 1.165) is 15.6 Å². The largest absolute Gasteiger partial charge is 0.481 e. The fourth-order valence-corrected chi connectivity index (χ4v) is 2.22. The van der Waals surface area contributed by atoms with Crippen LogP contribution in [-0.4, -0.2) is 16.1 Å². The van der Waals surface area contributed by atoms with Gasteiger partial charge >= 0.3 is 5.97 Å². The standard InChI is InChI=1S/C9H13NO2S/c1-5-7(13-6(2)10-5)9(3,4)8(11)12/h1-4H3,(H,11,12). The minimum Gasteiger partial charge on any atom is -0.481 e. The summed E-state index contributed by atoms with van der Waals surface area (Å²) in [4.78, 5) is 16.0. The number of hydrogen-bond donors (Lipinski definition) is 1. The first-order chi connectivity index (χ1) is 5.85. The van der Waals surface area contributed by atoms with E-state index in [1.165, 1.54) is 11.3 Å². The van der Waals surface area contributed by atoms with Crippen LogP contribution in [0.25, 0.3) is 0 Å². The lowest BCUT2D eigenvalue weighted by molar-refractivity contribution is -0.142. The number of nitrogens with zero attached hydrogens (tertiary/aromatic N) is 1. The van der Waals surface area contributed by atoms with Gasteiger partial charge in [0.15, 0.2) is 0 Å². The quantitative estimate of drug-likeness (QED) is 0.793. The van der Waals surface area contributed by atoms with E-state index in [-0.39, 0.29) is 0 Å². The highest BCUT2D eigenvalue weighted by Gasteiger charge is 2.33. The average Bonchev–Trinajstić information content (AvgIpc) is 2.30. The summed E-state index contributed by atoms with van der Waals surface area (Å²) in [5.74, 6) is -0.806. The Kier molecular flexibility index (Phi) is 2.43. The van der Waals surface area contributed by atoms with Crippen molar-refractivity contribution in [2.24, 2.45) is 0 Å². The van der Waals surface area contributed by atoms with Gasteiger partial charge in [-0.15, -0.1) is 11.3 Å².